The van der Waals surface area contributed by atoms with Crippen LogP contribution in [0.1, 0.15) is 52.9 Å². The van der Waals surface area contributed by atoms with Gasteiger partial charge in [-0.3, -0.25) is 14.4 Å². The molecule has 0 aromatic heterocycles. The molecule has 1 aliphatic rings. The van der Waals surface area contributed by atoms with E-state index in [1.54, 1.807) is 20.8 Å². The minimum absolute atomic E-state index is 0.0167. The molecule has 1 aliphatic carbocycles. The quantitative estimate of drug-likeness (QED) is 0.741. The molecule has 0 radical (unpaired) electrons. The van der Waals surface area contributed by atoms with Crippen molar-refractivity contribution < 1.29 is 23.9 Å². The Morgan fingerprint density at radius 2 is 1.80 bits per heavy atom. The van der Waals surface area contributed by atoms with Crippen molar-refractivity contribution in [2.45, 2.75) is 58.5 Å². The van der Waals surface area contributed by atoms with Gasteiger partial charge < -0.3 is 9.47 Å². The number of ether oxygens (including phenoxy) is 2. The highest BCUT2D eigenvalue weighted by molar-refractivity contribution is 5.82. The van der Waals surface area contributed by atoms with Crippen molar-refractivity contribution in [3.05, 3.63) is 0 Å². The summed E-state index contributed by atoms with van der Waals surface area (Å²) in [7, 11) is 1.32. The van der Waals surface area contributed by atoms with Gasteiger partial charge in [-0.25, -0.2) is 0 Å². The summed E-state index contributed by atoms with van der Waals surface area (Å²) in [6, 6.07) is 0. The standard InChI is InChI=1S/C15H24O5/c1-15(2,3)20-13(17)9-12(14(18)19-4)10-5-7-11(16)8-6-10/h10,12H,5-9H2,1-4H3. The second-order valence-corrected chi connectivity index (χ2v) is 6.30. The van der Waals surface area contributed by atoms with Gasteiger partial charge in [0, 0.05) is 12.8 Å². The van der Waals surface area contributed by atoms with Crippen LogP contribution in [-0.2, 0) is 23.9 Å². The lowest BCUT2D eigenvalue weighted by atomic mass is 9.78. The first kappa shape index (κ1) is 16.7. The van der Waals surface area contributed by atoms with E-state index in [2.05, 4.69) is 0 Å². The van der Waals surface area contributed by atoms with E-state index in [0.717, 1.165) is 0 Å². The van der Waals surface area contributed by atoms with Gasteiger partial charge in [0.15, 0.2) is 0 Å². The Labute approximate surface area is 120 Å². The van der Waals surface area contributed by atoms with Gasteiger partial charge in [-0.05, 0) is 39.5 Å². The number of esters is 2. The SMILES string of the molecule is COC(=O)C(CC(=O)OC(C)(C)C)C1CCC(=O)CC1. The van der Waals surface area contributed by atoms with Crippen LogP contribution in [0.4, 0.5) is 0 Å². The fourth-order valence-corrected chi connectivity index (χ4v) is 2.52. The number of carbonyl (C=O) groups is 3. The zero-order chi connectivity index (χ0) is 15.3. The Bertz CT molecular complexity index is 370. The van der Waals surface area contributed by atoms with E-state index < -0.39 is 23.5 Å². The molecule has 20 heavy (non-hydrogen) atoms. The molecule has 0 aromatic rings. The molecule has 0 bridgehead atoms. The van der Waals surface area contributed by atoms with Gasteiger partial charge in [-0.15, -0.1) is 0 Å². The summed E-state index contributed by atoms with van der Waals surface area (Å²) >= 11 is 0. The van der Waals surface area contributed by atoms with Crippen molar-refractivity contribution in [2.24, 2.45) is 11.8 Å². The Morgan fingerprint density at radius 1 is 1.25 bits per heavy atom. The number of hydrogen-bond acceptors (Lipinski definition) is 5. The van der Waals surface area contributed by atoms with E-state index in [1.165, 1.54) is 7.11 Å². The summed E-state index contributed by atoms with van der Waals surface area (Å²) < 4.78 is 10.1. The number of rotatable bonds is 4. The Balaban J connectivity index is 2.67. The molecular formula is C15H24O5. The van der Waals surface area contributed by atoms with Crippen molar-refractivity contribution in [1.29, 1.82) is 0 Å². The van der Waals surface area contributed by atoms with Crippen LogP contribution in [0.15, 0.2) is 0 Å². The van der Waals surface area contributed by atoms with E-state index in [9.17, 15) is 14.4 Å². The van der Waals surface area contributed by atoms with Crippen LogP contribution in [0.2, 0.25) is 0 Å². The highest BCUT2D eigenvalue weighted by atomic mass is 16.6. The molecule has 0 aromatic carbocycles. The average Bonchev–Trinajstić information content (AvgIpc) is 2.34. The summed E-state index contributed by atoms with van der Waals surface area (Å²) in [6.07, 6.45) is 2.25. The van der Waals surface area contributed by atoms with Crippen molar-refractivity contribution >= 4 is 17.7 Å². The molecule has 0 N–H and O–H groups in total. The molecule has 114 valence electrons. The van der Waals surface area contributed by atoms with E-state index >= 15 is 0 Å². The van der Waals surface area contributed by atoms with Crippen molar-refractivity contribution in [1.82, 2.24) is 0 Å². The summed E-state index contributed by atoms with van der Waals surface area (Å²) in [5.41, 5.74) is -0.569. The van der Waals surface area contributed by atoms with Crippen LogP contribution in [0.5, 0.6) is 0 Å². The molecule has 0 aliphatic heterocycles. The number of Topliss-reactive ketones (excluding diaryl/α,β-unsaturated/α-hetero) is 1. The Morgan fingerprint density at radius 3 is 2.25 bits per heavy atom. The average molecular weight is 284 g/mol. The maximum Gasteiger partial charge on any atom is 0.309 e. The zero-order valence-corrected chi connectivity index (χ0v) is 12.7. The normalized spacial score (nSPS) is 18.5. The van der Waals surface area contributed by atoms with Gasteiger partial charge >= 0.3 is 11.9 Å². The lowest BCUT2D eigenvalue weighted by Crippen LogP contribution is -2.33. The monoisotopic (exact) mass is 284 g/mol. The van der Waals surface area contributed by atoms with E-state index in [-0.39, 0.29) is 18.1 Å². The minimum atomic E-state index is -0.569. The number of methoxy groups -OCH3 is 1. The van der Waals surface area contributed by atoms with Crippen LogP contribution in [-0.4, -0.2) is 30.4 Å². The van der Waals surface area contributed by atoms with Gasteiger partial charge in [-0.2, -0.15) is 0 Å². The van der Waals surface area contributed by atoms with E-state index in [0.29, 0.717) is 25.7 Å². The predicted molar refractivity (Wildman–Crippen MR) is 72.9 cm³/mol. The molecule has 0 spiro atoms. The lowest BCUT2D eigenvalue weighted by Gasteiger charge is -2.28. The molecule has 1 fully saturated rings. The third kappa shape index (κ3) is 5.31. The van der Waals surface area contributed by atoms with Crippen LogP contribution in [0.3, 0.4) is 0 Å². The fraction of sp³-hybridized carbons (Fsp3) is 0.800. The molecule has 1 unspecified atom stereocenters. The fourth-order valence-electron chi connectivity index (χ4n) is 2.52. The molecule has 1 atom stereocenters. The maximum absolute atomic E-state index is 11.9. The topological polar surface area (TPSA) is 69.7 Å². The van der Waals surface area contributed by atoms with Gasteiger partial charge in [-0.1, -0.05) is 0 Å². The number of carbonyl (C=O) groups excluding carboxylic acids is 3. The van der Waals surface area contributed by atoms with Crippen molar-refractivity contribution in [3.8, 4) is 0 Å². The molecule has 5 nitrogen and oxygen atoms in total. The highest BCUT2D eigenvalue weighted by Gasteiger charge is 2.35. The molecule has 0 amide bonds. The minimum Gasteiger partial charge on any atom is -0.469 e. The van der Waals surface area contributed by atoms with Gasteiger partial charge in [0.2, 0.25) is 0 Å². The molecule has 5 heteroatoms. The third-order valence-corrected chi connectivity index (χ3v) is 3.47. The van der Waals surface area contributed by atoms with Crippen molar-refractivity contribution in [3.63, 3.8) is 0 Å². The third-order valence-electron chi connectivity index (χ3n) is 3.47. The Kier molecular flexibility index (Phi) is 5.72. The van der Waals surface area contributed by atoms with Crippen LogP contribution in [0, 0.1) is 11.8 Å². The van der Waals surface area contributed by atoms with Crippen LogP contribution in [0.25, 0.3) is 0 Å². The predicted octanol–water partition coefficient (Wildman–Crippen LogP) is 2.27. The van der Waals surface area contributed by atoms with E-state index in [4.69, 9.17) is 9.47 Å². The van der Waals surface area contributed by atoms with Gasteiger partial charge in [0.1, 0.15) is 11.4 Å². The first-order chi connectivity index (χ1) is 9.23. The smallest absolute Gasteiger partial charge is 0.309 e. The summed E-state index contributed by atoms with van der Waals surface area (Å²) in [5, 5.41) is 0. The second kappa shape index (κ2) is 6.86. The molecule has 0 heterocycles. The van der Waals surface area contributed by atoms with Gasteiger partial charge in [0.05, 0.1) is 19.4 Å². The van der Waals surface area contributed by atoms with E-state index in [1.807, 2.05) is 0 Å². The highest BCUT2D eigenvalue weighted by Crippen LogP contribution is 2.31. The molecule has 1 rings (SSSR count). The molecule has 1 saturated carbocycles. The second-order valence-electron chi connectivity index (χ2n) is 6.30. The first-order valence-electron chi connectivity index (χ1n) is 7.04. The number of ketones is 1. The summed E-state index contributed by atoms with van der Waals surface area (Å²) in [5.74, 6) is -1.06. The first-order valence-corrected chi connectivity index (χ1v) is 7.04. The number of hydrogen-bond donors (Lipinski definition) is 0. The van der Waals surface area contributed by atoms with Crippen LogP contribution >= 0.6 is 0 Å². The molecular weight excluding hydrogens is 260 g/mol. The Hall–Kier alpha value is -1.39. The largest absolute Gasteiger partial charge is 0.469 e. The maximum atomic E-state index is 11.9. The lowest BCUT2D eigenvalue weighted by molar-refractivity contribution is -0.162. The summed E-state index contributed by atoms with van der Waals surface area (Å²) in [6.45, 7) is 5.37. The van der Waals surface area contributed by atoms with Gasteiger partial charge in [0.25, 0.3) is 0 Å². The van der Waals surface area contributed by atoms with Crippen LogP contribution < -0.4 is 0 Å². The summed E-state index contributed by atoms with van der Waals surface area (Å²) in [4.78, 5) is 35.1. The van der Waals surface area contributed by atoms with Crippen molar-refractivity contribution in [2.75, 3.05) is 7.11 Å². The zero-order valence-electron chi connectivity index (χ0n) is 12.7. The molecule has 0 saturated heterocycles.